The molecule has 4 aromatic rings. The maximum Gasteiger partial charge on any atom is 0.180 e. The minimum absolute atomic E-state index is 0.734. The quantitative estimate of drug-likeness (QED) is 0.507. The first-order valence-corrected chi connectivity index (χ1v) is 11.3. The molecule has 2 aliphatic rings. The summed E-state index contributed by atoms with van der Waals surface area (Å²) in [5, 5.41) is 11.4. The Balaban J connectivity index is 1.26. The Labute approximate surface area is 178 Å². The lowest BCUT2D eigenvalue weighted by Crippen LogP contribution is -2.29. The van der Waals surface area contributed by atoms with Crippen LogP contribution in [0.4, 0.5) is 10.8 Å². The Morgan fingerprint density at radius 3 is 3.00 bits per heavy atom. The zero-order valence-corrected chi connectivity index (χ0v) is 17.9. The van der Waals surface area contributed by atoms with Crippen LogP contribution in [0.3, 0.4) is 0 Å². The molecule has 0 aromatic carbocycles. The van der Waals surface area contributed by atoms with Gasteiger partial charge in [0.15, 0.2) is 11.5 Å². The summed E-state index contributed by atoms with van der Waals surface area (Å²) < 4.78 is 6.77. The molecule has 6 heterocycles. The van der Waals surface area contributed by atoms with Gasteiger partial charge in [-0.05, 0) is 49.7 Å². The van der Waals surface area contributed by atoms with E-state index >= 15 is 0 Å². The molecule has 6 rings (SSSR count). The first-order chi connectivity index (χ1) is 14.7. The SMILES string of the molecule is Cc1cn2c(-c3cn[nH]c3)cnc2c(Nc2cc(CN3C4CCC3C(C)C4)ns2)n1. The van der Waals surface area contributed by atoms with E-state index in [1.165, 1.54) is 30.8 Å². The summed E-state index contributed by atoms with van der Waals surface area (Å²) in [6.07, 6.45) is 11.5. The average Bonchev–Trinajstić information content (AvgIpc) is 3.51. The summed E-state index contributed by atoms with van der Waals surface area (Å²) in [6.45, 7) is 5.33. The molecule has 3 unspecified atom stereocenters. The molecular weight excluding hydrogens is 396 g/mol. The number of hydrogen-bond donors (Lipinski definition) is 2. The number of aromatic nitrogens is 6. The van der Waals surface area contributed by atoms with Crippen molar-refractivity contribution < 1.29 is 0 Å². The third-order valence-electron chi connectivity index (χ3n) is 6.54. The third-order valence-corrected chi connectivity index (χ3v) is 7.29. The largest absolute Gasteiger partial charge is 0.328 e. The predicted molar refractivity (Wildman–Crippen MR) is 117 cm³/mol. The molecule has 4 aromatic heterocycles. The number of aromatic amines is 1. The van der Waals surface area contributed by atoms with Crippen LogP contribution in [0.5, 0.6) is 0 Å². The number of nitrogens with zero attached hydrogens (tertiary/aromatic N) is 6. The Morgan fingerprint density at radius 1 is 1.30 bits per heavy atom. The van der Waals surface area contributed by atoms with Crippen LogP contribution in [0.1, 0.15) is 37.6 Å². The predicted octanol–water partition coefficient (Wildman–Crippen LogP) is 4.00. The minimum Gasteiger partial charge on any atom is -0.328 e. The summed E-state index contributed by atoms with van der Waals surface area (Å²) in [5.74, 6) is 1.56. The van der Waals surface area contributed by atoms with E-state index in [0.29, 0.717) is 0 Å². The van der Waals surface area contributed by atoms with Gasteiger partial charge in [0.2, 0.25) is 0 Å². The van der Waals surface area contributed by atoms with Gasteiger partial charge in [0.1, 0.15) is 5.00 Å². The highest BCUT2D eigenvalue weighted by Crippen LogP contribution is 2.42. The van der Waals surface area contributed by atoms with Gasteiger partial charge in [0.25, 0.3) is 0 Å². The fourth-order valence-electron chi connectivity index (χ4n) is 5.21. The van der Waals surface area contributed by atoms with Crippen LogP contribution in [0.25, 0.3) is 16.9 Å². The Hall–Kier alpha value is -2.78. The molecule has 0 radical (unpaired) electrons. The van der Waals surface area contributed by atoms with Gasteiger partial charge < -0.3 is 5.32 Å². The molecule has 0 saturated carbocycles. The van der Waals surface area contributed by atoms with Crippen molar-refractivity contribution in [1.82, 2.24) is 33.8 Å². The van der Waals surface area contributed by atoms with Crippen LogP contribution in [0.15, 0.2) is 30.9 Å². The maximum absolute atomic E-state index is 4.72. The molecule has 2 aliphatic heterocycles. The number of imidazole rings is 1. The highest BCUT2D eigenvalue weighted by Gasteiger charge is 2.43. The highest BCUT2D eigenvalue weighted by molar-refractivity contribution is 7.10. The second-order valence-electron chi connectivity index (χ2n) is 8.55. The van der Waals surface area contributed by atoms with Crippen LogP contribution < -0.4 is 5.32 Å². The van der Waals surface area contributed by atoms with Crippen LogP contribution in [0.2, 0.25) is 0 Å². The summed E-state index contributed by atoms with van der Waals surface area (Å²) in [6, 6.07) is 3.64. The zero-order valence-electron chi connectivity index (χ0n) is 17.0. The van der Waals surface area contributed by atoms with E-state index in [4.69, 9.17) is 9.36 Å². The topological polar surface area (TPSA) is 87.0 Å². The van der Waals surface area contributed by atoms with Gasteiger partial charge in [-0.3, -0.25) is 14.4 Å². The van der Waals surface area contributed by atoms with Gasteiger partial charge in [0, 0.05) is 36.6 Å². The van der Waals surface area contributed by atoms with Crippen molar-refractivity contribution in [3.05, 3.63) is 42.2 Å². The summed E-state index contributed by atoms with van der Waals surface area (Å²) >= 11 is 1.49. The van der Waals surface area contributed by atoms with Gasteiger partial charge in [0.05, 0.1) is 29.5 Å². The van der Waals surface area contributed by atoms with E-state index in [1.807, 2.05) is 25.5 Å². The van der Waals surface area contributed by atoms with E-state index in [1.54, 1.807) is 6.20 Å². The lowest BCUT2D eigenvalue weighted by atomic mass is 9.91. The van der Waals surface area contributed by atoms with Crippen molar-refractivity contribution in [3.8, 4) is 11.3 Å². The van der Waals surface area contributed by atoms with Crippen molar-refractivity contribution in [2.75, 3.05) is 5.32 Å². The highest BCUT2D eigenvalue weighted by atomic mass is 32.1. The summed E-state index contributed by atoms with van der Waals surface area (Å²) in [5.41, 5.74) is 4.82. The summed E-state index contributed by atoms with van der Waals surface area (Å²) in [7, 11) is 0. The zero-order chi connectivity index (χ0) is 20.2. The van der Waals surface area contributed by atoms with Crippen LogP contribution in [0, 0.1) is 12.8 Å². The third kappa shape index (κ3) is 2.92. The van der Waals surface area contributed by atoms with E-state index in [-0.39, 0.29) is 0 Å². The Kier molecular flexibility index (Phi) is 4.14. The molecule has 2 saturated heterocycles. The van der Waals surface area contributed by atoms with Crippen molar-refractivity contribution in [2.45, 2.75) is 51.7 Å². The summed E-state index contributed by atoms with van der Waals surface area (Å²) in [4.78, 5) is 12.0. The molecule has 2 fully saturated rings. The van der Waals surface area contributed by atoms with Crippen molar-refractivity contribution in [2.24, 2.45) is 5.92 Å². The second-order valence-corrected chi connectivity index (χ2v) is 9.35. The number of fused-ring (bicyclic) bond motifs is 3. The molecule has 154 valence electrons. The molecule has 2 bridgehead atoms. The minimum atomic E-state index is 0.734. The lowest BCUT2D eigenvalue weighted by Gasteiger charge is -2.21. The van der Waals surface area contributed by atoms with Crippen LogP contribution in [-0.4, -0.2) is 45.9 Å². The van der Waals surface area contributed by atoms with Crippen molar-refractivity contribution >= 4 is 28.0 Å². The van der Waals surface area contributed by atoms with Gasteiger partial charge in [-0.1, -0.05) is 6.92 Å². The second kappa shape index (κ2) is 6.88. The standard InChI is InChI=1S/C21H24N8S/c1-12-5-16-3-4-17(12)28(16)11-15-6-19(30-27-15)26-20-21-22-9-18(14-7-23-24-8-14)29(21)10-13(2)25-20/h6-10,12,16-17H,3-5,11H2,1-2H3,(H,23,24)(H,25,26). The molecule has 30 heavy (non-hydrogen) atoms. The van der Waals surface area contributed by atoms with Crippen molar-refractivity contribution in [1.29, 1.82) is 0 Å². The number of H-pyrrole nitrogens is 1. The van der Waals surface area contributed by atoms with E-state index in [2.05, 4.69) is 42.8 Å². The Morgan fingerprint density at radius 2 is 2.23 bits per heavy atom. The fourth-order valence-corrected chi connectivity index (χ4v) is 5.87. The normalized spacial score (nSPS) is 23.6. The Bertz CT molecular complexity index is 1190. The molecule has 0 aliphatic carbocycles. The number of aryl methyl sites for hydroxylation is 1. The number of rotatable bonds is 5. The van der Waals surface area contributed by atoms with Crippen molar-refractivity contribution in [3.63, 3.8) is 0 Å². The maximum atomic E-state index is 4.72. The monoisotopic (exact) mass is 420 g/mol. The van der Waals surface area contributed by atoms with E-state index in [0.717, 1.165) is 63.7 Å². The molecule has 8 nitrogen and oxygen atoms in total. The molecule has 9 heteroatoms. The van der Waals surface area contributed by atoms with Gasteiger partial charge >= 0.3 is 0 Å². The molecule has 3 atom stereocenters. The van der Waals surface area contributed by atoms with Crippen LogP contribution in [-0.2, 0) is 6.54 Å². The molecular formula is C21H24N8S. The van der Waals surface area contributed by atoms with Gasteiger partial charge in [-0.25, -0.2) is 9.97 Å². The lowest BCUT2D eigenvalue weighted by molar-refractivity contribution is 0.229. The molecule has 0 amide bonds. The first kappa shape index (κ1) is 18.0. The number of nitrogens with one attached hydrogen (secondary N) is 2. The van der Waals surface area contributed by atoms with Crippen LogP contribution >= 0.6 is 11.5 Å². The van der Waals surface area contributed by atoms with E-state index < -0.39 is 0 Å². The smallest absolute Gasteiger partial charge is 0.180 e. The molecule has 2 N–H and O–H groups in total. The fraction of sp³-hybridized carbons (Fsp3) is 0.429. The average molecular weight is 421 g/mol. The van der Waals surface area contributed by atoms with Gasteiger partial charge in [-0.2, -0.15) is 9.47 Å². The number of hydrogen-bond acceptors (Lipinski definition) is 7. The van der Waals surface area contributed by atoms with Gasteiger partial charge in [-0.15, -0.1) is 0 Å². The molecule has 0 spiro atoms. The number of anilines is 2. The first-order valence-electron chi connectivity index (χ1n) is 10.5. The van der Waals surface area contributed by atoms with E-state index in [9.17, 15) is 0 Å².